The number of allylic oxidation sites excluding steroid dienone is 1. The van der Waals surface area contributed by atoms with Gasteiger partial charge in [0.05, 0.1) is 5.25 Å². The molecular weight excluding hydrogens is 356 g/mol. The summed E-state index contributed by atoms with van der Waals surface area (Å²) in [6.45, 7) is 8.28. The molecular formula is C21H22N4OS. The highest BCUT2D eigenvalue weighted by Gasteiger charge is 2.20. The fraction of sp³-hybridized carbons (Fsp3) is 0.190. The molecule has 0 bridgehead atoms. The van der Waals surface area contributed by atoms with Gasteiger partial charge in [0, 0.05) is 17.8 Å². The smallest absolute Gasteiger partial charge is 0.237 e. The van der Waals surface area contributed by atoms with E-state index < -0.39 is 0 Å². The van der Waals surface area contributed by atoms with E-state index in [1.807, 2.05) is 73.0 Å². The van der Waals surface area contributed by atoms with Crippen LogP contribution in [0.2, 0.25) is 0 Å². The lowest BCUT2D eigenvalue weighted by Gasteiger charge is -2.13. The van der Waals surface area contributed by atoms with Crippen LogP contribution in [-0.2, 0) is 11.3 Å². The van der Waals surface area contributed by atoms with Gasteiger partial charge in [-0.1, -0.05) is 65.9 Å². The van der Waals surface area contributed by atoms with E-state index >= 15 is 0 Å². The van der Waals surface area contributed by atoms with Gasteiger partial charge in [-0.3, -0.25) is 9.36 Å². The Bertz CT molecular complexity index is 919. The second-order valence-corrected chi connectivity index (χ2v) is 7.49. The van der Waals surface area contributed by atoms with E-state index in [0.717, 1.165) is 22.6 Å². The van der Waals surface area contributed by atoms with Crippen LogP contribution in [0.5, 0.6) is 0 Å². The number of hydrogen-bond acceptors (Lipinski definition) is 4. The second kappa shape index (κ2) is 8.68. The zero-order chi connectivity index (χ0) is 19.2. The van der Waals surface area contributed by atoms with Crippen LogP contribution >= 0.6 is 11.8 Å². The Kier molecular flexibility index (Phi) is 6.08. The van der Waals surface area contributed by atoms with Crippen LogP contribution in [0.3, 0.4) is 0 Å². The van der Waals surface area contributed by atoms with E-state index in [9.17, 15) is 4.79 Å². The monoisotopic (exact) mass is 378 g/mol. The maximum atomic E-state index is 12.5. The number of nitrogens with one attached hydrogen (secondary N) is 1. The average molecular weight is 379 g/mol. The summed E-state index contributed by atoms with van der Waals surface area (Å²) < 4.78 is 1.97. The first-order valence-corrected chi connectivity index (χ1v) is 9.60. The molecule has 2 aromatic carbocycles. The number of carbonyl (C=O) groups is 1. The SMILES string of the molecule is C=CCn1c(S[C@@H](C)C(=O)Nc2ccc(C)cc2)nnc1-c1ccccc1. The van der Waals surface area contributed by atoms with E-state index in [1.54, 1.807) is 6.08 Å². The Labute approximate surface area is 163 Å². The fourth-order valence-electron chi connectivity index (χ4n) is 2.56. The lowest BCUT2D eigenvalue weighted by atomic mass is 10.2. The first-order valence-electron chi connectivity index (χ1n) is 8.72. The molecule has 1 atom stereocenters. The van der Waals surface area contributed by atoms with Crippen LogP contribution in [0.25, 0.3) is 11.4 Å². The van der Waals surface area contributed by atoms with Crippen molar-refractivity contribution in [2.24, 2.45) is 0 Å². The molecule has 0 saturated carbocycles. The molecule has 0 aliphatic carbocycles. The maximum absolute atomic E-state index is 12.5. The fourth-order valence-corrected chi connectivity index (χ4v) is 3.42. The van der Waals surface area contributed by atoms with Gasteiger partial charge in [-0.15, -0.1) is 16.8 Å². The predicted octanol–water partition coefficient (Wildman–Crippen LogP) is 4.56. The maximum Gasteiger partial charge on any atom is 0.237 e. The highest BCUT2D eigenvalue weighted by molar-refractivity contribution is 8.00. The molecule has 1 N–H and O–H groups in total. The number of thioether (sulfide) groups is 1. The quantitative estimate of drug-likeness (QED) is 0.484. The van der Waals surface area contributed by atoms with Crippen LogP contribution in [0, 0.1) is 6.92 Å². The number of rotatable bonds is 7. The summed E-state index contributed by atoms with van der Waals surface area (Å²) >= 11 is 1.39. The number of benzene rings is 2. The first-order chi connectivity index (χ1) is 13.1. The van der Waals surface area contributed by atoms with E-state index in [4.69, 9.17) is 0 Å². The lowest BCUT2D eigenvalue weighted by molar-refractivity contribution is -0.115. The van der Waals surface area contributed by atoms with Crippen LogP contribution in [0.15, 0.2) is 72.4 Å². The number of aryl methyl sites for hydroxylation is 1. The lowest BCUT2D eigenvalue weighted by Crippen LogP contribution is -2.23. The van der Waals surface area contributed by atoms with Crippen molar-refractivity contribution < 1.29 is 4.79 Å². The molecule has 138 valence electrons. The molecule has 3 aromatic rings. The van der Waals surface area contributed by atoms with Crippen molar-refractivity contribution in [2.45, 2.75) is 30.8 Å². The highest BCUT2D eigenvalue weighted by atomic mass is 32.2. The standard InChI is InChI=1S/C21H22N4OS/c1-4-14-25-19(17-8-6-5-7-9-17)23-24-21(25)27-16(3)20(26)22-18-12-10-15(2)11-13-18/h4-13,16H,1,14H2,2-3H3,(H,22,26)/t16-/m0/s1. The third-order valence-corrected chi connectivity index (χ3v) is 5.11. The molecule has 27 heavy (non-hydrogen) atoms. The van der Waals surface area contributed by atoms with Crippen LogP contribution in [0.1, 0.15) is 12.5 Å². The van der Waals surface area contributed by atoms with E-state index in [0.29, 0.717) is 11.7 Å². The van der Waals surface area contributed by atoms with Gasteiger partial charge < -0.3 is 5.32 Å². The number of carbonyl (C=O) groups excluding carboxylic acids is 1. The third kappa shape index (κ3) is 4.65. The van der Waals surface area contributed by atoms with Crippen molar-refractivity contribution in [3.63, 3.8) is 0 Å². The van der Waals surface area contributed by atoms with Crippen molar-refractivity contribution >= 4 is 23.4 Å². The largest absolute Gasteiger partial charge is 0.325 e. The third-order valence-electron chi connectivity index (χ3n) is 4.03. The number of amides is 1. The second-order valence-electron chi connectivity index (χ2n) is 6.19. The molecule has 0 spiro atoms. The van der Waals surface area contributed by atoms with Crippen LogP contribution in [-0.4, -0.2) is 25.9 Å². The summed E-state index contributed by atoms with van der Waals surface area (Å²) in [6.07, 6.45) is 1.80. The van der Waals surface area contributed by atoms with Crippen molar-refractivity contribution in [3.05, 3.63) is 72.8 Å². The number of hydrogen-bond donors (Lipinski definition) is 1. The summed E-state index contributed by atoms with van der Waals surface area (Å²) in [4.78, 5) is 12.5. The molecule has 0 aliphatic heterocycles. The van der Waals surface area contributed by atoms with E-state index in [1.165, 1.54) is 11.8 Å². The van der Waals surface area contributed by atoms with Crippen molar-refractivity contribution in [1.82, 2.24) is 14.8 Å². The summed E-state index contributed by atoms with van der Waals surface area (Å²) in [5.41, 5.74) is 2.92. The van der Waals surface area contributed by atoms with Gasteiger partial charge in [-0.25, -0.2) is 0 Å². The van der Waals surface area contributed by atoms with Gasteiger partial charge in [0.1, 0.15) is 0 Å². The van der Waals surface area contributed by atoms with Gasteiger partial charge >= 0.3 is 0 Å². The molecule has 0 fully saturated rings. The topological polar surface area (TPSA) is 59.8 Å². The minimum absolute atomic E-state index is 0.0710. The average Bonchev–Trinajstić information content (AvgIpc) is 3.07. The van der Waals surface area contributed by atoms with Crippen LogP contribution < -0.4 is 5.32 Å². The van der Waals surface area contributed by atoms with Gasteiger partial charge in [-0.2, -0.15) is 0 Å². The van der Waals surface area contributed by atoms with Gasteiger partial charge in [-0.05, 0) is 26.0 Å². The summed E-state index contributed by atoms with van der Waals surface area (Å²) in [5.74, 6) is 0.697. The molecule has 5 nitrogen and oxygen atoms in total. The normalized spacial score (nSPS) is 11.8. The molecule has 0 radical (unpaired) electrons. The van der Waals surface area contributed by atoms with E-state index in [2.05, 4.69) is 22.1 Å². The van der Waals surface area contributed by atoms with Crippen molar-refractivity contribution in [2.75, 3.05) is 5.32 Å². The molecule has 3 rings (SSSR count). The predicted molar refractivity (Wildman–Crippen MR) is 111 cm³/mol. The summed E-state index contributed by atoms with van der Waals surface area (Å²) in [7, 11) is 0. The first kappa shape index (κ1) is 18.9. The Hall–Kier alpha value is -2.86. The molecule has 0 saturated heterocycles. The summed E-state index contributed by atoms with van der Waals surface area (Å²) in [6, 6.07) is 17.6. The molecule has 1 aromatic heterocycles. The molecule has 1 amide bonds. The number of anilines is 1. The Balaban J connectivity index is 1.76. The minimum Gasteiger partial charge on any atom is -0.325 e. The minimum atomic E-state index is -0.317. The van der Waals surface area contributed by atoms with Gasteiger partial charge in [0.25, 0.3) is 0 Å². The zero-order valence-corrected chi connectivity index (χ0v) is 16.2. The van der Waals surface area contributed by atoms with Crippen LogP contribution in [0.4, 0.5) is 5.69 Å². The summed E-state index contributed by atoms with van der Waals surface area (Å²) in [5, 5.41) is 11.9. The molecule has 0 aliphatic rings. The van der Waals surface area contributed by atoms with Crippen molar-refractivity contribution in [1.29, 1.82) is 0 Å². The van der Waals surface area contributed by atoms with Gasteiger partial charge in [0.2, 0.25) is 5.91 Å². The number of nitrogens with zero attached hydrogens (tertiary/aromatic N) is 3. The Morgan fingerprint density at radius 1 is 1.19 bits per heavy atom. The number of aromatic nitrogens is 3. The van der Waals surface area contributed by atoms with Gasteiger partial charge in [0.15, 0.2) is 11.0 Å². The van der Waals surface area contributed by atoms with Crippen molar-refractivity contribution in [3.8, 4) is 11.4 Å². The highest BCUT2D eigenvalue weighted by Crippen LogP contribution is 2.27. The Morgan fingerprint density at radius 3 is 2.56 bits per heavy atom. The molecule has 0 unspecified atom stereocenters. The zero-order valence-electron chi connectivity index (χ0n) is 15.4. The van der Waals surface area contributed by atoms with E-state index in [-0.39, 0.29) is 11.2 Å². The molecule has 1 heterocycles. The molecule has 6 heteroatoms. The Morgan fingerprint density at radius 2 is 1.89 bits per heavy atom.